The highest BCUT2D eigenvalue weighted by Gasteiger charge is 2.01. The summed E-state index contributed by atoms with van der Waals surface area (Å²) >= 11 is 8.83. The molecule has 0 saturated heterocycles. The van der Waals surface area contributed by atoms with Crippen LogP contribution in [0.4, 0.5) is 0 Å². The van der Waals surface area contributed by atoms with Gasteiger partial charge in [-0.25, -0.2) is 0 Å². The average molecular weight is 303 g/mol. The number of alkyl halides is 1. The highest BCUT2D eigenvalue weighted by Crippen LogP contribution is 2.11. The Bertz CT molecular complexity index is 379. The molecule has 4 heteroatoms. The molecule has 0 saturated carbocycles. The first-order valence-electron chi connectivity index (χ1n) is 4.94. The average Bonchev–Trinajstić information content (AvgIpc) is 2.24. The lowest BCUT2D eigenvalue weighted by Gasteiger charge is -2.02. The lowest BCUT2D eigenvalue weighted by molar-refractivity contribution is -0.120. The van der Waals surface area contributed by atoms with Crippen molar-refractivity contribution < 1.29 is 4.79 Å². The molecule has 0 heterocycles. The summed E-state index contributed by atoms with van der Waals surface area (Å²) in [6.45, 7) is 0.527. The van der Waals surface area contributed by atoms with E-state index in [2.05, 4.69) is 21.2 Å². The summed E-state index contributed by atoms with van der Waals surface area (Å²) in [6.07, 6.45) is 4.04. The number of hydrogen-bond donors (Lipinski definition) is 1. The number of hydrogen-bond acceptors (Lipinski definition) is 1. The maximum atomic E-state index is 11.5. The molecule has 16 heavy (non-hydrogen) atoms. The molecule has 0 spiro atoms. The minimum atomic E-state index is 0.0114. The van der Waals surface area contributed by atoms with E-state index in [1.165, 1.54) is 0 Å². The number of halogens is 2. The van der Waals surface area contributed by atoms with Crippen LogP contribution < -0.4 is 5.32 Å². The van der Waals surface area contributed by atoms with Gasteiger partial charge in [-0.15, -0.1) is 11.6 Å². The van der Waals surface area contributed by atoms with E-state index in [9.17, 15) is 4.79 Å². The van der Waals surface area contributed by atoms with Crippen molar-refractivity contribution in [2.24, 2.45) is 0 Å². The van der Waals surface area contributed by atoms with E-state index >= 15 is 0 Å². The monoisotopic (exact) mass is 301 g/mol. The van der Waals surface area contributed by atoms with Gasteiger partial charge in [0.1, 0.15) is 0 Å². The van der Waals surface area contributed by atoms with Crippen LogP contribution in [0.1, 0.15) is 5.56 Å². The molecule has 0 atom stereocenters. The fraction of sp³-hybridized carbons (Fsp3) is 0.250. The molecule has 0 aliphatic heterocycles. The van der Waals surface area contributed by atoms with E-state index in [0.29, 0.717) is 18.8 Å². The standard InChI is InChI=1S/C12H13BrClNO/c13-11-5-3-4-10(8-11)9-12(16)15-7-2-1-6-14/h1-5,8H,6-7,9H2,(H,15,16)/b2-1+. The molecule has 2 nitrogen and oxygen atoms in total. The summed E-state index contributed by atoms with van der Waals surface area (Å²) in [5.74, 6) is 0.485. The number of carbonyl (C=O) groups excluding carboxylic acids is 1. The number of amides is 1. The predicted molar refractivity (Wildman–Crippen MR) is 70.7 cm³/mol. The van der Waals surface area contributed by atoms with Gasteiger partial charge in [0, 0.05) is 16.9 Å². The second-order valence-corrected chi connectivity index (χ2v) is 4.46. The third-order valence-corrected chi connectivity index (χ3v) is 2.60. The summed E-state index contributed by atoms with van der Waals surface area (Å²) in [6, 6.07) is 7.72. The molecule has 1 aromatic carbocycles. The fourth-order valence-electron chi connectivity index (χ4n) is 1.21. The molecule has 0 aliphatic carbocycles. The molecular weight excluding hydrogens is 289 g/mol. The van der Waals surface area contributed by atoms with Gasteiger partial charge in [0.2, 0.25) is 5.91 Å². The largest absolute Gasteiger partial charge is 0.352 e. The third-order valence-electron chi connectivity index (χ3n) is 1.93. The summed E-state index contributed by atoms with van der Waals surface area (Å²) in [5, 5.41) is 2.79. The Morgan fingerprint density at radius 2 is 2.25 bits per heavy atom. The van der Waals surface area contributed by atoms with E-state index in [-0.39, 0.29) is 5.91 Å². The molecule has 1 aromatic rings. The Morgan fingerprint density at radius 3 is 2.94 bits per heavy atom. The normalized spacial score (nSPS) is 10.6. The first-order chi connectivity index (χ1) is 7.72. The second kappa shape index (κ2) is 7.47. The number of nitrogens with one attached hydrogen (secondary N) is 1. The first-order valence-corrected chi connectivity index (χ1v) is 6.27. The molecule has 1 rings (SSSR count). The van der Waals surface area contributed by atoms with Crippen molar-refractivity contribution in [3.8, 4) is 0 Å². The minimum Gasteiger partial charge on any atom is -0.352 e. The van der Waals surface area contributed by atoms with Gasteiger partial charge in [-0.2, -0.15) is 0 Å². The van der Waals surface area contributed by atoms with Crippen LogP contribution in [-0.4, -0.2) is 18.3 Å². The lowest BCUT2D eigenvalue weighted by atomic mass is 10.1. The van der Waals surface area contributed by atoms with Crippen molar-refractivity contribution in [3.05, 3.63) is 46.5 Å². The van der Waals surface area contributed by atoms with Gasteiger partial charge in [0.05, 0.1) is 6.42 Å². The minimum absolute atomic E-state index is 0.0114. The van der Waals surface area contributed by atoms with Gasteiger partial charge in [-0.3, -0.25) is 4.79 Å². The van der Waals surface area contributed by atoms with E-state index in [1.807, 2.05) is 30.3 Å². The molecule has 1 amide bonds. The number of allylic oxidation sites excluding steroid dienone is 1. The predicted octanol–water partition coefficient (Wildman–Crippen LogP) is 2.90. The maximum Gasteiger partial charge on any atom is 0.224 e. The molecule has 1 N–H and O–H groups in total. The Kier molecular flexibility index (Phi) is 6.19. The van der Waals surface area contributed by atoms with Crippen molar-refractivity contribution in [1.82, 2.24) is 5.32 Å². The first kappa shape index (κ1) is 13.3. The third kappa shape index (κ3) is 5.33. The van der Waals surface area contributed by atoms with Crippen LogP contribution in [0, 0.1) is 0 Å². The van der Waals surface area contributed by atoms with Crippen LogP contribution in [-0.2, 0) is 11.2 Å². The molecule has 0 aromatic heterocycles. The molecular formula is C12H13BrClNO. The fourth-order valence-corrected chi connectivity index (χ4v) is 1.79. The molecule has 0 unspecified atom stereocenters. The molecule has 0 fully saturated rings. The van der Waals surface area contributed by atoms with E-state index < -0.39 is 0 Å². The SMILES string of the molecule is O=C(Cc1cccc(Br)c1)NC/C=C/CCl. The zero-order valence-electron chi connectivity index (χ0n) is 8.75. The van der Waals surface area contributed by atoms with Gasteiger partial charge < -0.3 is 5.32 Å². The van der Waals surface area contributed by atoms with Crippen LogP contribution in [0.15, 0.2) is 40.9 Å². The second-order valence-electron chi connectivity index (χ2n) is 3.24. The molecule has 0 bridgehead atoms. The Balaban J connectivity index is 2.37. The van der Waals surface area contributed by atoms with Gasteiger partial charge in [-0.05, 0) is 17.7 Å². The smallest absolute Gasteiger partial charge is 0.224 e. The summed E-state index contributed by atoms with van der Waals surface area (Å²) < 4.78 is 0.986. The van der Waals surface area contributed by atoms with Gasteiger partial charge in [0.25, 0.3) is 0 Å². The number of benzene rings is 1. The lowest BCUT2D eigenvalue weighted by Crippen LogP contribution is -2.25. The Morgan fingerprint density at radius 1 is 1.44 bits per heavy atom. The quantitative estimate of drug-likeness (QED) is 0.657. The highest BCUT2D eigenvalue weighted by atomic mass is 79.9. The topological polar surface area (TPSA) is 29.1 Å². The molecule has 0 radical (unpaired) electrons. The van der Waals surface area contributed by atoms with Gasteiger partial charge >= 0.3 is 0 Å². The summed E-state index contributed by atoms with van der Waals surface area (Å²) in [7, 11) is 0. The zero-order chi connectivity index (χ0) is 11.8. The summed E-state index contributed by atoms with van der Waals surface area (Å²) in [4.78, 5) is 11.5. The highest BCUT2D eigenvalue weighted by molar-refractivity contribution is 9.10. The van der Waals surface area contributed by atoms with E-state index in [1.54, 1.807) is 6.08 Å². The van der Waals surface area contributed by atoms with Crippen LogP contribution in [0.25, 0.3) is 0 Å². The maximum absolute atomic E-state index is 11.5. The molecule has 0 aliphatic rings. The number of carbonyl (C=O) groups is 1. The van der Waals surface area contributed by atoms with Crippen molar-refractivity contribution in [2.75, 3.05) is 12.4 Å². The van der Waals surface area contributed by atoms with Gasteiger partial charge in [0.15, 0.2) is 0 Å². The van der Waals surface area contributed by atoms with Crippen LogP contribution in [0.2, 0.25) is 0 Å². The zero-order valence-corrected chi connectivity index (χ0v) is 11.1. The summed E-state index contributed by atoms with van der Waals surface area (Å²) in [5.41, 5.74) is 0.994. The molecule has 86 valence electrons. The van der Waals surface area contributed by atoms with Crippen molar-refractivity contribution in [1.29, 1.82) is 0 Å². The van der Waals surface area contributed by atoms with Crippen LogP contribution in [0.5, 0.6) is 0 Å². The Labute approximate surface area is 109 Å². The van der Waals surface area contributed by atoms with Gasteiger partial charge in [-0.1, -0.05) is 40.2 Å². The van der Waals surface area contributed by atoms with E-state index in [0.717, 1.165) is 10.0 Å². The van der Waals surface area contributed by atoms with Crippen molar-refractivity contribution in [3.63, 3.8) is 0 Å². The van der Waals surface area contributed by atoms with Crippen molar-refractivity contribution >= 4 is 33.4 Å². The van der Waals surface area contributed by atoms with Crippen molar-refractivity contribution in [2.45, 2.75) is 6.42 Å². The Hall–Kier alpha value is -0.800. The van der Waals surface area contributed by atoms with Crippen LogP contribution in [0.3, 0.4) is 0 Å². The number of rotatable bonds is 5. The van der Waals surface area contributed by atoms with E-state index in [4.69, 9.17) is 11.6 Å². The van der Waals surface area contributed by atoms with Crippen LogP contribution >= 0.6 is 27.5 Å².